The lowest BCUT2D eigenvalue weighted by Crippen LogP contribution is -2.05. The molecule has 18 heavy (non-hydrogen) atoms. The molecule has 0 fully saturated rings. The van der Waals surface area contributed by atoms with Crippen LogP contribution in [0.15, 0.2) is 36.7 Å². The summed E-state index contributed by atoms with van der Waals surface area (Å²) < 4.78 is 6.56. The van der Waals surface area contributed by atoms with E-state index in [0.717, 1.165) is 5.56 Å². The van der Waals surface area contributed by atoms with Crippen LogP contribution in [0.2, 0.25) is 0 Å². The number of hydrogen-bond acceptors (Lipinski definition) is 4. The number of nitrogens with zero attached hydrogens (tertiary/aromatic N) is 2. The van der Waals surface area contributed by atoms with Crippen molar-refractivity contribution in [3.8, 4) is 0 Å². The van der Waals surface area contributed by atoms with Crippen molar-refractivity contribution in [3.63, 3.8) is 0 Å². The van der Waals surface area contributed by atoms with Crippen molar-refractivity contribution in [2.75, 3.05) is 12.3 Å². The molecule has 94 valence electrons. The first kappa shape index (κ1) is 12.2. The second-order valence-corrected chi connectivity index (χ2v) is 3.85. The molecule has 0 aliphatic rings. The summed E-state index contributed by atoms with van der Waals surface area (Å²) in [5, 5.41) is 4.12. The molecule has 0 saturated heterocycles. The number of benzene rings is 1. The number of anilines is 1. The van der Waals surface area contributed by atoms with Gasteiger partial charge < -0.3 is 10.5 Å². The summed E-state index contributed by atoms with van der Waals surface area (Å²) in [7, 11) is 0. The van der Waals surface area contributed by atoms with Gasteiger partial charge in [-0.3, -0.25) is 4.68 Å². The molecule has 0 spiro atoms. The first-order valence-corrected chi connectivity index (χ1v) is 5.73. The van der Waals surface area contributed by atoms with E-state index in [-0.39, 0.29) is 5.97 Å². The summed E-state index contributed by atoms with van der Waals surface area (Å²) in [4.78, 5) is 11.5. The first-order chi connectivity index (χ1) is 8.70. The summed E-state index contributed by atoms with van der Waals surface area (Å²) in [6, 6.07) is 7.57. The number of rotatable bonds is 4. The molecule has 1 aromatic carbocycles. The van der Waals surface area contributed by atoms with Crippen molar-refractivity contribution in [2.24, 2.45) is 0 Å². The molecule has 2 aromatic rings. The number of esters is 1. The monoisotopic (exact) mass is 245 g/mol. The molecule has 0 bridgehead atoms. The van der Waals surface area contributed by atoms with Crippen molar-refractivity contribution in [2.45, 2.75) is 13.5 Å². The average Bonchev–Trinajstić information content (AvgIpc) is 2.81. The molecular formula is C13H15N3O2. The fourth-order valence-corrected chi connectivity index (χ4v) is 1.62. The van der Waals surface area contributed by atoms with Crippen LogP contribution in [0.4, 0.5) is 5.69 Å². The zero-order chi connectivity index (χ0) is 13.0. The highest BCUT2D eigenvalue weighted by Crippen LogP contribution is 2.12. The van der Waals surface area contributed by atoms with Gasteiger partial charge in [0.05, 0.1) is 24.9 Å². The number of ether oxygens (including phenoxy) is 1. The quantitative estimate of drug-likeness (QED) is 0.657. The number of aromatic nitrogens is 2. The second-order valence-electron chi connectivity index (χ2n) is 3.85. The number of carbonyl (C=O) groups is 1. The van der Waals surface area contributed by atoms with Crippen molar-refractivity contribution in [1.29, 1.82) is 0 Å². The highest BCUT2D eigenvalue weighted by Gasteiger charge is 2.09. The van der Waals surface area contributed by atoms with Gasteiger partial charge in [0.1, 0.15) is 0 Å². The molecule has 0 radical (unpaired) electrons. The average molecular weight is 245 g/mol. The van der Waals surface area contributed by atoms with Crippen LogP contribution in [0.5, 0.6) is 0 Å². The van der Waals surface area contributed by atoms with Gasteiger partial charge in [0.25, 0.3) is 0 Å². The summed E-state index contributed by atoms with van der Waals surface area (Å²) in [6.07, 6.45) is 3.15. The minimum absolute atomic E-state index is 0.357. The van der Waals surface area contributed by atoms with Crippen LogP contribution in [-0.4, -0.2) is 22.4 Å². The Kier molecular flexibility index (Phi) is 3.62. The number of hydrogen-bond donors (Lipinski definition) is 1. The third-order valence-electron chi connectivity index (χ3n) is 2.53. The predicted molar refractivity (Wildman–Crippen MR) is 68.1 cm³/mol. The highest BCUT2D eigenvalue weighted by atomic mass is 16.5. The van der Waals surface area contributed by atoms with E-state index in [1.165, 1.54) is 6.20 Å². The van der Waals surface area contributed by atoms with E-state index >= 15 is 0 Å². The van der Waals surface area contributed by atoms with E-state index in [1.807, 2.05) is 24.3 Å². The standard InChI is InChI=1S/C13H15N3O2/c1-2-18-13(17)11-7-15-16(9-11)8-10-5-3-4-6-12(10)14/h3-7,9H,2,8,14H2,1H3. The lowest BCUT2D eigenvalue weighted by atomic mass is 10.2. The molecule has 1 aromatic heterocycles. The Labute approximate surface area is 105 Å². The van der Waals surface area contributed by atoms with Gasteiger partial charge in [-0.15, -0.1) is 0 Å². The van der Waals surface area contributed by atoms with Gasteiger partial charge in [-0.2, -0.15) is 5.10 Å². The Balaban J connectivity index is 2.12. The largest absolute Gasteiger partial charge is 0.462 e. The highest BCUT2D eigenvalue weighted by molar-refractivity contribution is 5.88. The summed E-state index contributed by atoms with van der Waals surface area (Å²) in [5.41, 5.74) is 7.98. The van der Waals surface area contributed by atoms with E-state index in [0.29, 0.717) is 24.4 Å². The molecule has 1 heterocycles. The Bertz CT molecular complexity index is 549. The van der Waals surface area contributed by atoms with Gasteiger partial charge in [-0.05, 0) is 18.6 Å². The number of nitrogen functional groups attached to an aromatic ring is 1. The summed E-state index contributed by atoms with van der Waals surface area (Å²) in [6.45, 7) is 2.66. The fraction of sp³-hybridized carbons (Fsp3) is 0.231. The summed E-state index contributed by atoms with van der Waals surface area (Å²) in [5.74, 6) is -0.357. The minimum Gasteiger partial charge on any atom is -0.462 e. The molecule has 0 atom stereocenters. The van der Waals surface area contributed by atoms with Crippen LogP contribution in [-0.2, 0) is 11.3 Å². The van der Waals surface area contributed by atoms with Gasteiger partial charge >= 0.3 is 5.97 Å². The minimum atomic E-state index is -0.357. The number of nitrogens with two attached hydrogens (primary N) is 1. The number of carbonyl (C=O) groups excluding carboxylic acids is 1. The molecule has 0 saturated carbocycles. The maximum atomic E-state index is 11.5. The van der Waals surface area contributed by atoms with Crippen molar-refractivity contribution in [1.82, 2.24) is 9.78 Å². The maximum Gasteiger partial charge on any atom is 0.341 e. The van der Waals surface area contributed by atoms with Crippen molar-refractivity contribution < 1.29 is 9.53 Å². The Morgan fingerprint density at radius 2 is 2.22 bits per heavy atom. The molecule has 5 nitrogen and oxygen atoms in total. The normalized spacial score (nSPS) is 10.3. The SMILES string of the molecule is CCOC(=O)c1cnn(Cc2ccccc2N)c1. The maximum absolute atomic E-state index is 11.5. The molecule has 0 amide bonds. The van der Waals surface area contributed by atoms with Gasteiger partial charge in [0, 0.05) is 11.9 Å². The van der Waals surface area contributed by atoms with Crippen molar-refractivity contribution in [3.05, 3.63) is 47.8 Å². The molecular weight excluding hydrogens is 230 g/mol. The molecule has 0 unspecified atom stereocenters. The van der Waals surface area contributed by atoms with Crippen LogP contribution >= 0.6 is 0 Å². The van der Waals surface area contributed by atoms with Gasteiger partial charge in [-0.1, -0.05) is 18.2 Å². The van der Waals surface area contributed by atoms with Crippen LogP contribution in [0.3, 0.4) is 0 Å². The molecule has 0 aliphatic heterocycles. The van der Waals surface area contributed by atoms with E-state index < -0.39 is 0 Å². The molecule has 0 aliphatic carbocycles. The van der Waals surface area contributed by atoms with Gasteiger partial charge in [0.2, 0.25) is 0 Å². The van der Waals surface area contributed by atoms with Crippen LogP contribution < -0.4 is 5.73 Å². The van der Waals surface area contributed by atoms with E-state index in [1.54, 1.807) is 17.8 Å². The zero-order valence-electron chi connectivity index (χ0n) is 10.2. The Morgan fingerprint density at radius 3 is 2.94 bits per heavy atom. The van der Waals surface area contributed by atoms with E-state index in [9.17, 15) is 4.79 Å². The van der Waals surface area contributed by atoms with Crippen LogP contribution in [0.1, 0.15) is 22.8 Å². The van der Waals surface area contributed by atoms with Crippen LogP contribution in [0.25, 0.3) is 0 Å². The number of para-hydroxylation sites is 1. The smallest absolute Gasteiger partial charge is 0.341 e. The lowest BCUT2D eigenvalue weighted by molar-refractivity contribution is 0.0526. The fourth-order valence-electron chi connectivity index (χ4n) is 1.62. The van der Waals surface area contributed by atoms with Crippen molar-refractivity contribution >= 4 is 11.7 Å². The third kappa shape index (κ3) is 2.68. The molecule has 2 rings (SSSR count). The van der Waals surface area contributed by atoms with E-state index in [4.69, 9.17) is 10.5 Å². The molecule has 5 heteroatoms. The Morgan fingerprint density at radius 1 is 1.44 bits per heavy atom. The lowest BCUT2D eigenvalue weighted by Gasteiger charge is -2.04. The predicted octanol–water partition coefficient (Wildman–Crippen LogP) is 1.69. The molecule has 2 N–H and O–H groups in total. The van der Waals surface area contributed by atoms with Gasteiger partial charge in [0.15, 0.2) is 0 Å². The zero-order valence-corrected chi connectivity index (χ0v) is 10.2. The third-order valence-corrected chi connectivity index (χ3v) is 2.53. The topological polar surface area (TPSA) is 70.1 Å². The van der Waals surface area contributed by atoms with E-state index in [2.05, 4.69) is 5.10 Å². The Hall–Kier alpha value is -2.30. The first-order valence-electron chi connectivity index (χ1n) is 5.73. The summed E-state index contributed by atoms with van der Waals surface area (Å²) >= 11 is 0. The van der Waals surface area contributed by atoms with Gasteiger partial charge in [-0.25, -0.2) is 4.79 Å². The van der Waals surface area contributed by atoms with Crippen LogP contribution in [0, 0.1) is 0 Å². The second kappa shape index (κ2) is 5.35.